The zero-order chi connectivity index (χ0) is 14.0. The zero-order valence-corrected chi connectivity index (χ0v) is 11.1. The minimum absolute atomic E-state index is 0.542. The van der Waals surface area contributed by atoms with Gasteiger partial charge < -0.3 is 5.73 Å². The second-order valence-electron chi connectivity index (χ2n) is 4.68. The molecule has 5 nitrogen and oxygen atoms in total. The Labute approximate surface area is 111 Å². The third-order valence-corrected chi connectivity index (χ3v) is 3.25. The lowest BCUT2D eigenvalue weighted by molar-refractivity contribution is -0.830. The molecule has 5 heteroatoms. The Hall–Kier alpha value is -2.11. The van der Waals surface area contributed by atoms with Crippen LogP contribution in [0.4, 0.5) is 11.4 Å². The first-order valence-electron chi connectivity index (χ1n) is 6.10. The van der Waals surface area contributed by atoms with Crippen LogP contribution in [0.15, 0.2) is 36.1 Å². The highest BCUT2D eigenvalue weighted by atomic mass is 16.5. The van der Waals surface area contributed by atoms with Crippen molar-refractivity contribution in [1.29, 1.82) is 0 Å². The second-order valence-corrected chi connectivity index (χ2v) is 4.68. The third kappa shape index (κ3) is 2.67. The van der Waals surface area contributed by atoms with E-state index in [9.17, 15) is 10.4 Å². The molecular formula is C14H19N3O2+2. The van der Waals surface area contributed by atoms with Crippen molar-refractivity contribution in [2.45, 2.75) is 20.3 Å². The molecule has 0 radical (unpaired) electrons. The molecule has 100 valence electrons. The SMILES string of the molecule is Cc1cc([NH2+]O)c(/[N+](O)=C2/C=C(N)C=CC2)cc1C. The van der Waals surface area contributed by atoms with Crippen molar-refractivity contribution < 1.29 is 20.6 Å². The molecule has 1 aliphatic rings. The van der Waals surface area contributed by atoms with Crippen LogP contribution < -0.4 is 11.2 Å². The molecule has 0 bridgehead atoms. The van der Waals surface area contributed by atoms with Gasteiger partial charge in [-0.15, -0.1) is 0 Å². The molecule has 0 saturated heterocycles. The average Bonchev–Trinajstić information content (AvgIpc) is 2.40. The van der Waals surface area contributed by atoms with Crippen molar-refractivity contribution in [2.24, 2.45) is 5.73 Å². The number of nitrogens with zero attached hydrogens (tertiary/aromatic N) is 1. The molecule has 0 saturated carbocycles. The number of hydrogen-bond acceptors (Lipinski definition) is 3. The van der Waals surface area contributed by atoms with Gasteiger partial charge in [0.1, 0.15) is 0 Å². The van der Waals surface area contributed by atoms with Crippen LogP contribution in [-0.2, 0) is 0 Å². The van der Waals surface area contributed by atoms with Crippen molar-refractivity contribution in [3.8, 4) is 0 Å². The summed E-state index contributed by atoms with van der Waals surface area (Å²) < 4.78 is 1.07. The summed E-state index contributed by atoms with van der Waals surface area (Å²) in [6.07, 6.45) is 6.00. The number of nitrogens with two attached hydrogens (primary N) is 2. The number of rotatable bonds is 2. The number of aryl methyl sites for hydroxylation is 2. The normalized spacial score (nSPS) is 17.3. The fourth-order valence-corrected chi connectivity index (χ4v) is 2.03. The molecule has 2 rings (SSSR count). The van der Waals surface area contributed by atoms with Gasteiger partial charge in [0.05, 0.1) is 6.42 Å². The molecule has 0 unspecified atom stereocenters. The number of hydrogen-bond donors (Lipinski definition) is 4. The minimum atomic E-state index is 0.542. The molecule has 1 aliphatic carbocycles. The van der Waals surface area contributed by atoms with Gasteiger partial charge in [0.2, 0.25) is 11.4 Å². The van der Waals surface area contributed by atoms with Gasteiger partial charge >= 0.3 is 5.69 Å². The van der Waals surface area contributed by atoms with Crippen LogP contribution in [0.2, 0.25) is 0 Å². The summed E-state index contributed by atoms with van der Waals surface area (Å²) in [7, 11) is 0. The van der Waals surface area contributed by atoms with E-state index in [2.05, 4.69) is 0 Å². The van der Waals surface area contributed by atoms with Crippen molar-refractivity contribution in [2.75, 3.05) is 0 Å². The molecule has 0 aromatic heterocycles. The zero-order valence-electron chi connectivity index (χ0n) is 11.1. The largest absolute Gasteiger partial charge is 0.399 e. The highest BCUT2D eigenvalue weighted by Gasteiger charge is 2.24. The minimum Gasteiger partial charge on any atom is -0.399 e. The molecule has 0 spiro atoms. The van der Waals surface area contributed by atoms with Gasteiger partial charge in [-0.05, 0) is 31.1 Å². The highest BCUT2D eigenvalue weighted by molar-refractivity contribution is 5.94. The molecule has 6 N–H and O–H groups in total. The van der Waals surface area contributed by atoms with E-state index < -0.39 is 0 Å². The summed E-state index contributed by atoms with van der Waals surface area (Å²) in [5.74, 6) is 0. The van der Waals surface area contributed by atoms with Gasteiger partial charge in [0.25, 0.3) is 0 Å². The van der Waals surface area contributed by atoms with Crippen molar-refractivity contribution in [3.05, 3.63) is 47.2 Å². The van der Waals surface area contributed by atoms with Crippen molar-refractivity contribution in [1.82, 2.24) is 0 Å². The molecule has 0 fully saturated rings. The smallest absolute Gasteiger partial charge is 0.320 e. The monoisotopic (exact) mass is 261 g/mol. The van der Waals surface area contributed by atoms with E-state index in [1.54, 1.807) is 12.2 Å². The van der Waals surface area contributed by atoms with Gasteiger partial charge in [-0.1, -0.05) is 6.08 Å². The first-order valence-corrected chi connectivity index (χ1v) is 6.10. The predicted molar refractivity (Wildman–Crippen MR) is 72.0 cm³/mol. The Bertz CT molecular complexity index is 601. The Balaban J connectivity index is 2.55. The maximum atomic E-state index is 10.3. The van der Waals surface area contributed by atoms with Gasteiger partial charge in [0, 0.05) is 28.6 Å². The van der Waals surface area contributed by atoms with Crippen LogP contribution >= 0.6 is 0 Å². The Morgan fingerprint density at radius 3 is 2.58 bits per heavy atom. The molecule has 1 aromatic carbocycles. The lowest BCUT2D eigenvalue weighted by Gasteiger charge is -2.06. The number of benzene rings is 1. The van der Waals surface area contributed by atoms with Crippen LogP contribution in [0.1, 0.15) is 17.5 Å². The van der Waals surface area contributed by atoms with Crippen LogP contribution in [-0.4, -0.2) is 20.9 Å². The summed E-state index contributed by atoms with van der Waals surface area (Å²) in [6.45, 7) is 3.92. The lowest BCUT2D eigenvalue weighted by atomic mass is 10.1. The standard InChI is InChI=1S/C14H17N3O2/c1-9-6-13(16-18)14(7-10(9)2)17(19)12-5-3-4-11(15)8-12/h3-4,6-8,15-16,18-19H,5H2,1-2H3/p+2. The third-order valence-electron chi connectivity index (χ3n) is 3.25. The summed E-state index contributed by atoms with van der Waals surface area (Å²) in [6, 6.07) is 3.67. The summed E-state index contributed by atoms with van der Waals surface area (Å²) >= 11 is 0. The maximum Gasteiger partial charge on any atom is 0.320 e. The van der Waals surface area contributed by atoms with Crippen molar-refractivity contribution in [3.63, 3.8) is 0 Å². The highest BCUT2D eigenvalue weighted by Crippen LogP contribution is 2.25. The molecule has 0 aliphatic heterocycles. The van der Waals surface area contributed by atoms with Crippen LogP contribution in [0, 0.1) is 13.8 Å². The van der Waals surface area contributed by atoms with Crippen molar-refractivity contribution >= 4 is 17.1 Å². The number of allylic oxidation sites excluding steroid dienone is 3. The summed E-state index contributed by atoms with van der Waals surface area (Å²) in [5, 5.41) is 19.6. The molecule has 0 heterocycles. The van der Waals surface area contributed by atoms with Gasteiger partial charge in [-0.3, -0.25) is 5.21 Å². The fraction of sp³-hybridized carbons (Fsp3) is 0.214. The molecule has 1 aromatic rings. The van der Waals surface area contributed by atoms with Crippen LogP contribution in [0.5, 0.6) is 0 Å². The van der Waals surface area contributed by atoms with E-state index in [0.29, 0.717) is 29.2 Å². The Morgan fingerprint density at radius 1 is 1.26 bits per heavy atom. The Morgan fingerprint density at radius 2 is 1.95 bits per heavy atom. The van der Waals surface area contributed by atoms with Crippen LogP contribution in [0.3, 0.4) is 0 Å². The van der Waals surface area contributed by atoms with Crippen LogP contribution in [0.25, 0.3) is 0 Å². The molecule has 19 heavy (non-hydrogen) atoms. The second kappa shape index (κ2) is 5.26. The Kier molecular flexibility index (Phi) is 3.69. The number of quaternary nitrogens is 1. The fourth-order valence-electron chi connectivity index (χ4n) is 2.03. The predicted octanol–water partition coefficient (Wildman–Crippen LogP) is 1.16. The topological polar surface area (TPSA) is 86.1 Å². The van der Waals surface area contributed by atoms with E-state index in [1.807, 2.05) is 32.1 Å². The first kappa shape index (κ1) is 13.3. The summed E-state index contributed by atoms with van der Waals surface area (Å²) in [5.41, 5.74) is 11.2. The van der Waals surface area contributed by atoms with E-state index in [4.69, 9.17) is 5.73 Å². The molecule has 0 atom stereocenters. The quantitative estimate of drug-likeness (QED) is 0.279. The maximum absolute atomic E-state index is 10.3. The van der Waals surface area contributed by atoms with E-state index in [1.165, 1.54) is 0 Å². The average molecular weight is 261 g/mol. The molecule has 0 amide bonds. The lowest BCUT2D eigenvalue weighted by Crippen LogP contribution is -2.74. The van der Waals surface area contributed by atoms with Gasteiger partial charge in [-0.25, -0.2) is 5.21 Å². The first-order chi connectivity index (χ1) is 9.02. The van der Waals surface area contributed by atoms with Gasteiger partial charge in [0.15, 0.2) is 0 Å². The molecular weight excluding hydrogens is 242 g/mol. The summed E-state index contributed by atoms with van der Waals surface area (Å²) in [4.78, 5) is 0. The van der Waals surface area contributed by atoms with E-state index in [-0.39, 0.29) is 0 Å². The van der Waals surface area contributed by atoms with Gasteiger partial charge in [-0.2, -0.15) is 5.48 Å². The van der Waals surface area contributed by atoms with E-state index in [0.717, 1.165) is 21.3 Å². The van der Waals surface area contributed by atoms with E-state index >= 15 is 0 Å².